The Hall–Kier alpha value is -1.67. The largest absolute Gasteiger partial charge is 0.493 e. The van der Waals surface area contributed by atoms with E-state index in [1.165, 1.54) is 4.90 Å². The lowest BCUT2D eigenvalue weighted by Crippen LogP contribution is -2.27. The van der Waals surface area contributed by atoms with Gasteiger partial charge < -0.3 is 9.47 Å². The van der Waals surface area contributed by atoms with E-state index in [1.54, 1.807) is 43.5 Å². The zero-order chi connectivity index (χ0) is 21.1. The molecule has 5 nitrogen and oxygen atoms in total. The van der Waals surface area contributed by atoms with Gasteiger partial charge in [0.25, 0.3) is 11.1 Å². The molecule has 0 spiro atoms. The normalized spacial score (nSPS) is 15.3. The summed E-state index contributed by atoms with van der Waals surface area (Å²) in [5, 5.41) is 0.446. The van der Waals surface area contributed by atoms with Gasteiger partial charge in [-0.15, -0.1) is 0 Å². The smallest absolute Gasteiger partial charge is 0.293 e. The van der Waals surface area contributed by atoms with Crippen LogP contribution in [-0.2, 0) is 11.3 Å². The average Bonchev–Trinajstić information content (AvgIpc) is 2.94. The second kappa shape index (κ2) is 9.43. The summed E-state index contributed by atoms with van der Waals surface area (Å²) >= 11 is 16.3. The Morgan fingerprint density at radius 1 is 1.17 bits per heavy atom. The van der Waals surface area contributed by atoms with Gasteiger partial charge in [0, 0.05) is 0 Å². The maximum Gasteiger partial charge on any atom is 0.293 e. The summed E-state index contributed by atoms with van der Waals surface area (Å²) in [5.41, 5.74) is 1.42. The molecule has 0 radical (unpaired) electrons. The van der Waals surface area contributed by atoms with Crippen LogP contribution in [0.5, 0.6) is 11.5 Å². The van der Waals surface area contributed by atoms with Gasteiger partial charge in [-0.2, -0.15) is 0 Å². The van der Waals surface area contributed by atoms with Crippen LogP contribution >= 0.6 is 50.9 Å². The molecule has 2 aromatic carbocycles. The van der Waals surface area contributed by atoms with Gasteiger partial charge in [-0.05, 0) is 76.1 Å². The number of halogens is 3. The van der Waals surface area contributed by atoms with Gasteiger partial charge in [0.1, 0.15) is 0 Å². The SMILES string of the molecule is CCOc1c(Br)cc(/C=C2\SC(=O)N(Cc3ccc(Cl)c(Cl)c3)C2=O)cc1OC. The zero-order valence-corrected chi connectivity index (χ0v) is 19.4. The van der Waals surface area contributed by atoms with Crippen molar-refractivity contribution in [1.82, 2.24) is 4.90 Å². The first kappa shape index (κ1) is 22.0. The number of benzene rings is 2. The highest BCUT2D eigenvalue weighted by atomic mass is 79.9. The fourth-order valence-electron chi connectivity index (χ4n) is 2.72. The third-order valence-corrected chi connectivity index (χ3v) is 6.27. The van der Waals surface area contributed by atoms with Crippen molar-refractivity contribution in [2.45, 2.75) is 13.5 Å². The highest BCUT2D eigenvalue weighted by Crippen LogP contribution is 2.39. The number of carbonyl (C=O) groups excluding carboxylic acids is 2. The zero-order valence-electron chi connectivity index (χ0n) is 15.5. The second-order valence-electron chi connectivity index (χ2n) is 5.98. The van der Waals surface area contributed by atoms with Gasteiger partial charge in [-0.3, -0.25) is 14.5 Å². The van der Waals surface area contributed by atoms with Crippen molar-refractivity contribution in [3.8, 4) is 11.5 Å². The maximum atomic E-state index is 12.8. The molecule has 1 aliphatic heterocycles. The third kappa shape index (κ3) is 4.91. The topological polar surface area (TPSA) is 55.8 Å². The molecule has 29 heavy (non-hydrogen) atoms. The molecule has 1 fully saturated rings. The van der Waals surface area contributed by atoms with Crippen molar-refractivity contribution < 1.29 is 19.1 Å². The lowest BCUT2D eigenvalue weighted by molar-refractivity contribution is -0.123. The van der Waals surface area contributed by atoms with Crippen LogP contribution in [0.4, 0.5) is 4.79 Å². The van der Waals surface area contributed by atoms with E-state index in [-0.39, 0.29) is 17.7 Å². The number of thioether (sulfide) groups is 1. The van der Waals surface area contributed by atoms with Crippen molar-refractivity contribution in [3.05, 3.63) is 60.9 Å². The molecule has 0 unspecified atom stereocenters. The van der Waals surface area contributed by atoms with Crippen molar-refractivity contribution in [3.63, 3.8) is 0 Å². The molecule has 1 aliphatic rings. The molecule has 2 amide bonds. The summed E-state index contributed by atoms with van der Waals surface area (Å²) in [6.07, 6.45) is 1.66. The molecule has 152 valence electrons. The van der Waals surface area contributed by atoms with E-state index < -0.39 is 0 Å². The molecule has 9 heteroatoms. The third-order valence-electron chi connectivity index (χ3n) is 4.04. The number of nitrogens with zero attached hydrogens (tertiary/aromatic N) is 1. The monoisotopic (exact) mass is 515 g/mol. The predicted molar refractivity (Wildman–Crippen MR) is 120 cm³/mol. The number of methoxy groups -OCH3 is 1. The Morgan fingerprint density at radius 2 is 1.93 bits per heavy atom. The van der Waals surface area contributed by atoms with E-state index in [0.29, 0.717) is 48.7 Å². The number of amides is 2. The standard InChI is InChI=1S/C20H16BrCl2NO4S/c1-3-28-18-13(21)6-12(8-16(18)27-2)9-17-19(25)24(20(26)29-17)10-11-4-5-14(22)15(23)7-11/h4-9H,3,10H2,1-2H3/b17-9-. The van der Waals surface area contributed by atoms with Crippen molar-refractivity contribution in [2.24, 2.45) is 0 Å². The fourth-order valence-corrected chi connectivity index (χ4v) is 4.45. The van der Waals surface area contributed by atoms with Gasteiger partial charge in [-0.1, -0.05) is 29.3 Å². The molecule has 0 aromatic heterocycles. The van der Waals surface area contributed by atoms with Gasteiger partial charge >= 0.3 is 0 Å². The summed E-state index contributed by atoms with van der Waals surface area (Å²) in [7, 11) is 1.54. The van der Waals surface area contributed by atoms with Crippen LogP contribution in [0, 0.1) is 0 Å². The lowest BCUT2D eigenvalue weighted by atomic mass is 10.1. The average molecular weight is 517 g/mol. The van der Waals surface area contributed by atoms with Crippen molar-refractivity contribution in [1.29, 1.82) is 0 Å². The first-order valence-electron chi connectivity index (χ1n) is 8.53. The lowest BCUT2D eigenvalue weighted by Gasteiger charge is -2.13. The Bertz CT molecular complexity index is 1010. The molecule has 1 heterocycles. The van der Waals surface area contributed by atoms with E-state index >= 15 is 0 Å². The number of rotatable bonds is 6. The van der Waals surface area contributed by atoms with Gasteiger partial charge in [-0.25, -0.2) is 0 Å². The van der Waals surface area contributed by atoms with Crippen LogP contribution in [0.1, 0.15) is 18.1 Å². The number of ether oxygens (including phenoxy) is 2. The molecule has 3 rings (SSSR count). The van der Waals surface area contributed by atoms with Crippen molar-refractivity contribution >= 4 is 68.1 Å². The Labute approximate surface area is 191 Å². The molecule has 0 bridgehead atoms. The van der Waals surface area contributed by atoms with E-state index in [2.05, 4.69) is 15.9 Å². The number of hydrogen-bond acceptors (Lipinski definition) is 5. The Balaban J connectivity index is 1.86. The minimum absolute atomic E-state index is 0.120. The highest BCUT2D eigenvalue weighted by Gasteiger charge is 2.35. The first-order chi connectivity index (χ1) is 13.8. The minimum Gasteiger partial charge on any atom is -0.493 e. The Morgan fingerprint density at radius 3 is 2.59 bits per heavy atom. The van der Waals surface area contributed by atoms with Gasteiger partial charge in [0.15, 0.2) is 11.5 Å². The molecule has 1 saturated heterocycles. The summed E-state index contributed by atoms with van der Waals surface area (Å²) in [6.45, 7) is 2.49. The second-order valence-corrected chi connectivity index (χ2v) is 8.65. The van der Waals surface area contributed by atoms with E-state index in [0.717, 1.165) is 11.8 Å². The molecular weight excluding hydrogens is 501 g/mol. The van der Waals surface area contributed by atoms with Crippen LogP contribution in [0.25, 0.3) is 6.08 Å². The number of imide groups is 1. The quantitative estimate of drug-likeness (QED) is 0.416. The highest BCUT2D eigenvalue weighted by molar-refractivity contribution is 9.10. The van der Waals surface area contributed by atoms with Gasteiger partial charge in [0.05, 0.1) is 39.7 Å². The predicted octanol–water partition coefficient (Wildman–Crippen LogP) is 6.40. The molecule has 0 N–H and O–H groups in total. The minimum atomic E-state index is -0.366. The van der Waals surface area contributed by atoms with Crippen molar-refractivity contribution in [2.75, 3.05) is 13.7 Å². The maximum absolute atomic E-state index is 12.8. The number of hydrogen-bond donors (Lipinski definition) is 0. The van der Waals surface area contributed by atoms with Crippen LogP contribution in [-0.4, -0.2) is 29.8 Å². The van der Waals surface area contributed by atoms with Crippen LogP contribution in [0.3, 0.4) is 0 Å². The Kier molecular flexibility index (Phi) is 7.16. The molecule has 0 saturated carbocycles. The number of carbonyl (C=O) groups is 2. The van der Waals surface area contributed by atoms with Crippen LogP contribution < -0.4 is 9.47 Å². The van der Waals surface area contributed by atoms with Crippen LogP contribution in [0.2, 0.25) is 10.0 Å². The van der Waals surface area contributed by atoms with Crippen LogP contribution in [0.15, 0.2) is 39.7 Å². The molecule has 0 atom stereocenters. The first-order valence-corrected chi connectivity index (χ1v) is 10.9. The molecular formula is C20H16BrCl2NO4S. The molecule has 0 aliphatic carbocycles. The summed E-state index contributed by atoms with van der Waals surface area (Å²) in [6, 6.07) is 8.57. The van der Waals surface area contributed by atoms with E-state index in [9.17, 15) is 9.59 Å². The summed E-state index contributed by atoms with van der Waals surface area (Å²) < 4.78 is 11.6. The van der Waals surface area contributed by atoms with E-state index in [1.807, 2.05) is 6.92 Å². The van der Waals surface area contributed by atoms with Gasteiger partial charge in [0.2, 0.25) is 0 Å². The van der Waals surface area contributed by atoms with E-state index in [4.69, 9.17) is 32.7 Å². The molecule has 2 aromatic rings. The fraction of sp³-hybridized carbons (Fsp3) is 0.200. The summed E-state index contributed by atoms with van der Waals surface area (Å²) in [4.78, 5) is 26.7. The summed E-state index contributed by atoms with van der Waals surface area (Å²) in [5.74, 6) is 0.748.